The molecule has 0 aliphatic carbocycles. The van der Waals surface area contributed by atoms with Gasteiger partial charge in [0.15, 0.2) is 0 Å². The summed E-state index contributed by atoms with van der Waals surface area (Å²) in [5.74, 6) is -3.11. The largest absolute Gasteiger partial charge is 0.478 e. The Labute approximate surface area is 97.1 Å². The van der Waals surface area contributed by atoms with Gasteiger partial charge in [0.2, 0.25) is 0 Å². The van der Waals surface area contributed by atoms with Crippen molar-refractivity contribution in [3.63, 3.8) is 0 Å². The molecule has 0 saturated carbocycles. The van der Waals surface area contributed by atoms with E-state index in [9.17, 15) is 14.4 Å². The first-order chi connectivity index (χ1) is 7.84. The number of amides is 1. The van der Waals surface area contributed by atoms with E-state index in [1.165, 1.54) is 25.1 Å². The summed E-state index contributed by atoms with van der Waals surface area (Å²) in [6, 6.07) is 3.47. The molecule has 0 aliphatic rings. The predicted octanol–water partition coefficient (Wildman–Crippen LogP) is 0.785. The first-order valence-corrected chi connectivity index (χ1v) is 4.67. The normalized spacial score (nSPS) is 9.76. The lowest BCUT2D eigenvalue weighted by molar-refractivity contribution is 0.0651. The Morgan fingerprint density at radius 2 is 1.53 bits per heavy atom. The molecule has 0 spiro atoms. The van der Waals surface area contributed by atoms with Crippen molar-refractivity contribution >= 4 is 17.8 Å². The topological polar surface area (TPSA) is 94.9 Å². The van der Waals surface area contributed by atoms with Crippen molar-refractivity contribution in [3.8, 4) is 0 Å². The number of hydrogen-bond donors (Lipinski definition) is 2. The van der Waals surface area contributed by atoms with Crippen LogP contribution in [0.5, 0.6) is 0 Å². The second-order valence-electron chi connectivity index (χ2n) is 3.57. The fourth-order valence-electron chi connectivity index (χ4n) is 1.30. The number of rotatable bonds is 3. The number of carboxylic acid groups (broad SMARTS) is 2. The Balaban J connectivity index is 3.33. The van der Waals surface area contributed by atoms with Crippen molar-refractivity contribution in [2.24, 2.45) is 0 Å². The zero-order valence-electron chi connectivity index (χ0n) is 9.30. The Morgan fingerprint density at radius 3 is 1.94 bits per heavy atom. The highest BCUT2D eigenvalue weighted by molar-refractivity contribution is 6.04. The van der Waals surface area contributed by atoms with Crippen LogP contribution in [0.4, 0.5) is 0 Å². The van der Waals surface area contributed by atoms with E-state index in [1.54, 1.807) is 0 Å². The molecule has 90 valence electrons. The minimum absolute atomic E-state index is 0.136. The molecule has 1 aromatic carbocycles. The fraction of sp³-hybridized carbons (Fsp3) is 0.182. The first-order valence-electron chi connectivity index (χ1n) is 4.67. The SMILES string of the molecule is CN(C)C(=O)c1ccc(C(=O)O)c(C(=O)O)c1. The summed E-state index contributed by atoms with van der Waals surface area (Å²) in [5, 5.41) is 17.7. The van der Waals surface area contributed by atoms with Crippen molar-refractivity contribution in [2.75, 3.05) is 14.1 Å². The van der Waals surface area contributed by atoms with E-state index in [2.05, 4.69) is 0 Å². The zero-order valence-corrected chi connectivity index (χ0v) is 9.30. The fourth-order valence-corrected chi connectivity index (χ4v) is 1.30. The van der Waals surface area contributed by atoms with Crippen molar-refractivity contribution in [1.29, 1.82) is 0 Å². The number of carbonyl (C=O) groups is 3. The number of carboxylic acids is 2. The van der Waals surface area contributed by atoms with Gasteiger partial charge in [0.25, 0.3) is 5.91 Å². The third-order valence-electron chi connectivity index (χ3n) is 2.13. The molecule has 0 radical (unpaired) electrons. The van der Waals surface area contributed by atoms with Crippen LogP contribution in [0.25, 0.3) is 0 Å². The summed E-state index contributed by atoms with van der Waals surface area (Å²) >= 11 is 0. The molecule has 0 aliphatic heterocycles. The molecule has 0 bridgehead atoms. The van der Waals surface area contributed by atoms with E-state index in [4.69, 9.17) is 10.2 Å². The van der Waals surface area contributed by atoms with Gasteiger partial charge in [-0.3, -0.25) is 4.79 Å². The van der Waals surface area contributed by atoms with E-state index in [0.29, 0.717) is 0 Å². The van der Waals surface area contributed by atoms with E-state index in [0.717, 1.165) is 12.1 Å². The highest BCUT2D eigenvalue weighted by atomic mass is 16.4. The third kappa shape index (κ3) is 2.60. The van der Waals surface area contributed by atoms with Crippen LogP contribution in [-0.4, -0.2) is 47.1 Å². The Morgan fingerprint density at radius 1 is 1.00 bits per heavy atom. The van der Waals surface area contributed by atoms with Crippen LogP contribution in [0.1, 0.15) is 31.1 Å². The zero-order chi connectivity index (χ0) is 13.2. The molecule has 1 aromatic rings. The standard InChI is InChI=1S/C11H11NO5/c1-12(2)9(13)6-3-4-7(10(14)15)8(5-6)11(16)17/h3-5H,1-2H3,(H,14,15)(H,16,17). The number of hydrogen-bond acceptors (Lipinski definition) is 3. The molecule has 0 fully saturated rings. The van der Waals surface area contributed by atoms with Crippen molar-refractivity contribution in [2.45, 2.75) is 0 Å². The molecule has 17 heavy (non-hydrogen) atoms. The maximum Gasteiger partial charge on any atom is 0.336 e. The monoisotopic (exact) mass is 237 g/mol. The van der Waals surface area contributed by atoms with Gasteiger partial charge in [0.1, 0.15) is 0 Å². The molecule has 6 nitrogen and oxygen atoms in total. The van der Waals surface area contributed by atoms with Gasteiger partial charge in [-0.15, -0.1) is 0 Å². The van der Waals surface area contributed by atoms with Crippen LogP contribution in [0, 0.1) is 0 Å². The molecule has 0 saturated heterocycles. The summed E-state index contributed by atoms with van der Waals surface area (Å²) in [5.41, 5.74) is -0.601. The smallest absolute Gasteiger partial charge is 0.336 e. The molecule has 0 atom stereocenters. The Bertz CT molecular complexity index is 493. The maximum absolute atomic E-state index is 11.6. The molecular weight excluding hydrogens is 226 g/mol. The highest BCUT2D eigenvalue weighted by Crippen LogP contribution is 2.13. The molecule has 2 N–H and O–H groups in total. The first kappa shape index (κ1) is 12.7. The van der Waals surface area contributed by atoms with Crippen LogP contribution in [0.2, 0.25) is 0 Å². The average molecular weight is 237 g/mol. The van der Waals surface area contributed by atoms with Gasteiger partial charge < -0.3 is 15.1 Å². The van der Waals surface area contributed by atoms with Crippen molar-refractivity contribution in [1.82, 2.24) is 4.90 Å². The van der Waals surface area contributed by atoms with Crippen LogP contribution in [0.15, 0.2) is 18.2 Å². The summed E-state index contributed by atoms with van der Waals surface area (Å²) in [6.07, 6.45) is 0. The lowest BCUT2D eigenvalue weighted by atomic mass is 10.0. The predicted molar refractivity (Wildman–Crippen MR) is 58.4 cm³/mol. The summed E-state index contributed by atoms with van der Waals surface area (Å²) in [6.45, 7) is 0. The Hall–Kier alpha value is -2.37. The number of benzene rings is 1. The van der Waals surface area contributed by atoms with Crippen LogP contribution in [-0.2, 0) is 0 Å². The van der Waals surface area contributed by atoms with Gasteiger partial charge in [0.05, 0.1) is 11.1 Å². The maximum atomic E-state index is 11.6. The molecular formula is C11H11NO5. The van der Waals surface area contributed by atoms with E-state index in [-0.39, 0.29) is 17.0 Å². The van der Waals surface area contributed by atoms with Gasteiger partial charge in [-0.05, 0) is 18.2 Å². The quantitative estimate of drug-likeness (QED) is 0.810. The third-order valence-corrected chi connectivity index (χ3v) is 2.13. The molecule has 0 unspecified atom stereocenters. The minimum atomic E-state index is -1.38. The van der Waals surface area contributed by atoms with Crippen molar-refractivity contribution in [3.05, 3.63) is 34.9 Å². The molecule has 0 aromatic heterocycles. The minimum Gasteiger partial charge on any atom is -0.478 e. The van der Waals surface area contributed by atoms with Gasteiger partial charge in [-0.25, -0.2) is 9.59 Å². The van der Waals surface area contributed by atoms with E-state index >= 15 is 0 Å². The van der Waals surface area contributed by atoms with Gasteiger partial charge >= 0.3 is 11.9 Å². The van der Waals surface area contributed by atoms with E-state index in [1.807, 2.05) is 0 Å². The summed E-state index contributed by atoms with van der Waals surface area (Å²) in [7, 11) is 3.04. The molecule has 1 rings (SSSR count). The van der Waals surface area contributed by atoms with Gasteiger partial charge in [-0.1, -0.05) is 0 Å². The average Bonchev–Trinajstić information content (AvgIpc) is 2.26. The molecule has 6 heteroatoms. The molecule has 1 amide bonds. The second kappa shape index (κ2) is 4.65. The number of aromatic carboxylic acids is 2. The number of nitrogens with zero attached hydrogens (tertiary/aromatic N) is 1. The van der Waals surface area contributed by atoms with Gasteiger partial charge in [0, 0.05) is 19.7 Å². The van der Waals surface area contributed by atoms with Gasteiger partial charge in [-0.2, -0.15) is 0 Å². The molecule has 0 heterocycles. The second-order valence-corrected chi connectivity index (χ2v) is 3.57. The Kier molecular flexibility index (Phi) is 3.47. The lowest BCUT2D eigenvalue weighted by Gasteiger charge is -2.11. The number of carbonyl (C=O) groups excluding carboxylic acids is 1. The lowest BCUT2D eigenvalue weighted by Crippen LogP contribution is -2.22. The summed E-state index contributed by atoms with van der Waals surface area (Å²) < 4.78 is 0. The highest BCUT2D eigenvalue weighted by Gasteiger charge is 2.18. The van der Waals surface area contributed by atoms with Crippen LogP contribution < -0.4 is 0 Å². The van der Waals surface area contributed by atoms with Crippen LogP contribution in [0.3, 0.4) is 0 Å². The van der Waals surface area contributed by atoms with Crippen LogP contribution >= 0.6 is 0 Å². The summed E-state index contributed by atoms with van der Waals surface area (Å²) in [4.78, 5) is 34.5. The van der Waals surface area contributed by atoms with E-state index < -0.39 is 17.5 Å². The van der Waals surface area contributed by atoms with Crippen molar-refractivity contribution < 1.29 is 24.6 Å².